The van der Waals surface area contributed by atoms with Crippen LogP contribution in [0, 0.1) is 5.82 Å². The number of nitrogens with zero attached hydrogens (tertiary/aromatic N) is 1. The summed E-state index contributed by atoms with van der Waals surface area (Å²) in [5, 5.41) is 8.09. The Balaban J connectivity index is 1.44. The van der Waals surface area contributed by atoms with Gasteiger partial charge in [0.05, 0.1) is 24.1 Å². The van der Waals surface area contributed by atoms with Gasteiger partial charge in [-0.15, -0.1) is 0 Å². The van der Waals surface area contributed by atoms with Gasteiger partial charge in [-0.3, -0.25) is 9.59 Å². The van der Waals surface area contributed by atoms with E-state index in [4.69, 9.17) is 9.47 Å². The van der Waals surface area contributed by atoms with Gasteiger partial charge in [0, 0.05) is 25.0 Å². The minimum Gasteiger partial charge on any atom is -0.490 e. The van der Waals surface area contributed by atoms with Gasteiger partial charge in [-0.25, -0.2) is 9.18 Å². The summed E-state index contributed by atoms with van der Waals surface area (Å²) in [6, 6.07) is 9.51. The van der Waals surface area contributed by atoms with Crippen molar-refractivity contribution in [2.75, 3.05) is 30.8 Å². The molecule has 1 fully saturated rings. The summed E-state index contributed by atoms with van der Waals surface area (Å²) in [5.41, 5.74) is 1.17. The summed E-state index contributed by atoms with van der Waals surface area (Å²) in [5.74, 6) is -0.313. The lowest BCUT2D eigenvalue weighted by Gasteiger charge is -2.42. The molecular formula is C25H29FN4O5. The van der Waals surface area contributed by atoms with E-state index < -0.39 is 11.8 Å². The molecule has 10 heteroatoms. The highest BCUT2D eigenvalue weighted by Gasteiger charge is 2.39. The smallest absolute Gasteiger partial charge is 0.323 e. The van der Waals surface area contributed by atoms with E-state index in [1.807, 2.05) is 6.92 Å². The summed E-state index contributed by atoms with van der Waals surface area (Å²) in [7, 11) is 1.73. The summed E-state index contributed by atoms with van der Waals surface area (Å²) in [6.45, 7) is 2.67. The fraction of sp³-hybridized carbons (Fsp3) is 0.400. The number of carbonyl (C=O) groups excluding carboxylic acids is 3. The first kappa shape index (κ1) is 24.5. The molecule has 9 nitrogen and oxygen atoms in total. The van der Waals surface area contributed by atoms with Gasteiger partial charge in [-0.05, 0) is 62.2 Å². The van der Waals surface area contributed by atoms with Crippen molar-refractivity contribution in [1.29, 1.82) is 0 Å². The Labute approximate surface area is 203 Å². The number of benzene rings is 2. The number of urea groups is 1. The number of amides is 4. The maximum absolute atomic E-state index is 13.3. The van der Waals surface area contributed by atoms with E-state index in [2.05, 4.69) is 16.0 Å². The molecule has 0 spiro atoms. The van der Waals surface area contributed by atoms with E-state index in [0.29, 0.717) is 42.1 Å². The monoisotopic (exact) mass is 484 g/mol. The molecule has 4 rings (SSSR count). The van der Waals surface area contributed by atoms with E-state index in [9.17, 15) is 18.8 Å². The number of carbonyl (C=O) groups is 3. The normalized spacial score (nSPS) is 21.5. The number of halogens is 1. The van der Waals surface area contributed by atoms with Crippen molar-refractivity contribution in [1.82, 2.24) is 10.2 Å². The third-order valence-corrected chi connectivity index (χ3v) is 6.16. The van der Waals surface area contributed by atoms with Crippen LogP contribution in [0.1, 0.15) is 36.5 Å². The topological polar surface area (TPSA) is 109 Å². The van der Waals surface area contributed by atoms with Gasteiger partial charge in [-0.2, -0.15) is 0 Å². The van der Waals surface area contributed by atoms with Crippen molar-refractivity contribution in [2.45, 2.75) is 44.4 Å². The van der Waals surface area contributed by atoms with Crippen molar-refractivity contribution < 1.29 is 28.2 Å². The maximum Gasteiger partial charge on any atom is 0.323 e. The van der Waals surface area contributed by atoms with Gasteiger partial charge in [0.2, 0.25) is 5.91 Å². The van der Waals surface area contributed by atoms with E-state index in [0.717, 1.165) is 0 Å². The molecule has 3 atom stereocenters. The van der Waals surface area contributed by atoms with Crippen LogP contribution in [0.2, 0.25) is 0 Å². The largest absolute Gasteiger partial charge is 0.490 e. The number of nitrogens with one attached hydrogen (secondary N) is 3. The number of hydrogen-bond acceptors (Lipinski definition) is 5. The first-order valence-electron chi connectivity index (χ1n) is 11.6. The number of rotatable bonds is 5. The van der Waals surface area contributed by atoms with Crippen molar-refractivity contribution in [2.24, 2.45) is 0 Å². The lowest BCUT2D eigenvalue weighted by molar-refractivity contribution is -0.133. The summed E-state index contributed by atoms with van der Waals surface area (Å²) in [6.07, 6.45) is 1.05. The highest BCUT2D eigenvalue weighted by Crippen LogP contribution is 2.32. The lowest BCUT2D eigenvalue weighted by atomic mass is 9.94. The SMILES string of the molecule is CCNC(=O)C[C@H]1CC[C@H]2[C@H](COc3ccc(NC(=O)Nc4ccc(F)cc4)cc3C(=O)N2C)O1. The fourth-order valence-electron chi connectivity index (χ4n) is 4.41. The second-order valence-electron chi connectivity index (χ2n) is 8.62. The van der Waals surface area contributed by atoms with Crippen molar-refractivity contribution in [3.05, 3.63) is 53.8 Å². The van der Waals surface area contributed by atoms with Crippen LogP contribution in [0.15, 0.2) is 42.5 Å². The number of ether oxygens (including phenoxy) is 2. The van der Waals surface area contributed by atoms with E-state index >= 15 is 0 Å². The van der Waals surface area contributed by atoms with Crippen LogP contribution in [0.4, 0.5) is 20.6 Å². The molecule has 2 aromatic carbocycles. The first-order chi connectivity index (χ1) is 16.8. The van der Waals surface area contributed by atoms with Crippen LogP contribution in [-0.2, 0) is 9.53 Å². The Morgan fingerprint density at radius 1 is 1.09 bits per heavy atom. The third-order valence-electron chi connectivity index (χ3n) is 6.16. The fourth-order valence-corrected chi connectivity index (χ4v) is 4.41. The second kappa shape index (κ2) is 10.7. The van der Waals surface area contributed by atoms with Gasteiger partial charge in [0.15, 0.2) is 0 Å². The Kier molecular flexibility index (Phi) is 7.50. The third kappa shape index (κ3) is 5.89. The van der Waals surface area contributed by atoms with Crippen LogP contribution >= 0.6 is 0 Å². The Hall–Kier alpha value is -3.66. The van der Waals surface area contributed by atoms with Gasteiger partial charge < -0.3 is 30.3 Å². The number of anilines is 2. The molecule has 0 unspecified atom stereocenters. The molecule has 35 heavy (non-hydrogen) atoms. The predicted octanol–water partition coefficient (Wildman–Crippen LogP) is 3.38. The maximum atomic E-state index is 13.3. The van der Waals surface area contributed by atoms with Crippen LogP contribution in [-0.4, -0.2) is 61.2 Å². The molecule has 3 N–H and O–H groups in total. The van der Waals surface area contributed by atoms with Gasteiger partial charge in [0.1, 0.15) is 24.3 Å². The Bertz CT molecular complexity index is 1090. The average Bonchev–Trinajstić information content (AvgIpc) is 2.83. The van der Waals surface area contributed by atoms with Gasteiger partial charge >= 0.3 is 6.03 Å². The van der Waals surface area contributed by atoms with E-state index in [-0.39, 0.29) is 43.1 Å². The Morgan fingerprint density at radius 3 is 2.54 bits per heavy atom. The van der Waals surface area contributed by atoms with Crippen molar-refractivity contribution in [3.8, 4) is 5.75 Å². The van der Waals surface area contributed by atoms with Gasteiger partial charge in [0.25, 0.3) is 5.91 Å². The average molecular weight is 485 g/mol. The van der Waals surface area contributed by atoms with Crippen LogP contribution in [0.3, 0.4) is 0 Å². The quantitative estimate of drug-likeness (QED) is 0.603. The molecule has 0 saturated carbocycles. The minimum absolute atomic E-state index is 0.0546. The molecule has 2 aromatic rings. The first-order valence-corrected chi connectivity index (χ1v) is 11.6. The molecule has 4 amide bonds. The molecule has 2 heterocycles. The summed E-state index contributed by atoms with van der Waals surface area (Å²) < 4.78 is 25.2. The van der Waals surface area contributed by atoms with Crippen molar-refractivity contribution >= 4 is 29.2 Å². The van der Waals surface area contributed by atoms with E-state index in [1.165, 1.54) is 24.3 Å². The van der Waals surface area contributed by atoms with Gasteiger partial charge in [-0.1, -0.05) is 0 Å². The lowest BCUT2D eigenvalue weighted by Crippen LogP contribution is -2.54. The van der Waals surface area contributed by atoms with Crippen molar-refractivity contribution in [3.63, 3.8) is 0 Å². The number of fused-ring (bicyclic) bond motifs is 2. The molecule has 2 aliphatic rings. The van der Waals surface area contributed by atoms with Crippen LogP contribution in [0.25, 0.3) is 0 Å². The standard InChI is InChI=1S/C25H29FN4O5/c1-3-27-23(31)13-18-9-10-20-22(35-18)14-34-21-11-8-17(12-19(21)24(32)30(20)2)29-25(33)28-16-6-4-15(26)5-7-16/h4-8,11-12,18,20,22H,3,9-10,13-14H2,1-2H3,(H,27,31)(H2,28,29,33)/t18-,20+,22+/m1/s1. The summed E-state index contributed by atoms with van der Waals surface area (Å²) in [4.78, 5) is 39.3. The highest BCUT2D eigenvalue weighted by molar-refractivity contribution is 6.02. The molecular weight excluding hydrogens is 455 g/mol. The molecule has 186 valence electrons. The van der Waals surface area contributed by atoms with E-state index in [1.54, 1.807) is 30.1 Å². The zero-order valence-corrected chi connectivity index (χ0v) is 19.7. The minimum atomic E-state index is -0.525. The summed E-state index contributed by atoms with van der Waals surface area (Å²) >= 11 is 0. The highest BCUT2D eigenvalue weighted by atomic mass is 19.1. The molecule has 1 saturated heterocycles. The molecule has 0 aromatic heterocycles. The number of likely N-dealkylation sites (N-methyl/N-ethyl adjacent to an activating group) is 1. The zero-order chi connectivity index (χ0) is 24.9. The molecule has 0 bridgehead atoms. The zero-order valence-electron chi connectivity index (χ0n) is 19.7. The Morgan fingerprint density at radius 2 is 1.80 bits per heavy atom. The van der Waals surface area contributed by atoms with Crippen LogP contribution in [0.5, 0.6) is 5.75 Å². The molecule has 0 radical (unpaired) electrons. The molecule has 2 aliphatic heterocycles. The number of hydrogen-bond donors (Lipinski definition) is 3. The second-order valence-corrected chi connectivity index (χ2v) is 8.62. The predicted molar refractivity (Wildman–Crippen MR) is 128 cm³/mol. The van der Waals surface area contributed by atoms with Crippen LogP contribution < -0.4 is 20.7 Å². The molecule has 0 aliphatic carbocycles.